The smallest absolute Gasteiger partial charge is 0.248 e. The quantitative estimate of drug-likeness (QED) is 0.626. The van der Waals surface area contributed by atoms with Crippen molar-refractivity contribution < 1.29 is 9.59 Å². The summed E-state index contributed by atoms with van der Waals surface area (Å²) in [5, 5.41) is 8.20. The van der Waals surface area contributed by atoms with Crippen LogP contribution < -0.4 is 11.5 Å². The number of carbonyl (C=O) groups is 2. The van der Waals surface area contributed by atoms with Gasteiger partial charge in [0.2, 0.25) is 11.8 Å². The number of nitrogens with zero attached hydrogens (tertiary/aromatic N) is 2. The molecule has 2 amide bonds. The molecule has 2 rings (SSSR count). The van der Waals surface area contributed by atoms with Crippen LogP contribution in [0.15, 0.2) is 83.1 Å². The Bertz CT molecular complexity index is 823. The van der Waals surface area contributed by atoms with Crippen molar-refractivity contribution in [3.63, 3.8) is 0 Å². The van der Waals surface area contributed by atoms with Crippen LogP contribution in [0.5, 0.6) is 0 Å². The van der Waals surface area contributed by atoms with Gasteiger partial charge in [-0.2, -0.15) is 10.2 Å². The van der Waals surface area contributed by atoms with E-state index < -0.39 is 5.91 Å². The number of amides is 2. The van der Waals surface area contributed by atoms with Gasteiger partial charge in [0, 0.05) is 11.1 Å². The molecule has 0 aliphatic carbocycles. The highest BCUT2D eigenvalue weighted by Crippen LogP contribution is 2.20. The second-order valence-corrected chi connectivity index (χ2v) is 5.26. The number of allylic oxidation sites excluding steroid dienone is 1. The normalized spacial score (nSPS) is 10.8. The molecule has 0 unspecified atom stereocenters. The minimum Gasteiger partial charge on any atom is -0.366 e. The second kappa shape index (κ2) is 10.4. The lowest BCUT2D eigenvalue weighted by molar-refractivity contribution is -0.114. The summed E-state index contributed by atoms with van der Waals surface area (Å²) >= 11 is 0. The Kier molecular flexibility index (Phi) is 8.16. The Balaban J connectivity index is 0.000000412. The van der Waals surface area contributed by atoms with E-state index in [1.807, 2.05) is 30.3 Å². The highest BCUT2D eigenvalue weighted by atomic mass is 16.1. The molecule has 6 nitrogen and oxygen atoms in total. The molecule has 0 saturated carbocycles. The minimum absolute atomic E-state index is 0.284. The summed E-state index contributed by atoms with van der Waals surface area (Å²) in [4.78, 5) is 21.1. The predicted octanol–water partition coefficient (Wildman–Crippen LogP) is 4.04. The van der Waals surface area contributed by atoms with Gasteiger partial charge in [-0.25, -0.2) is 0 Å². The molecule has 0 aromatic heterocycles. The number of rotatable bonds is 5. The predicted molar refractivity (Wildman–Crippen MR) is 104 cm³/mol. The summed E-state index contributed by atoms with van der Waals surface area (Å²) in [6.07, 6.45) is 1.68. The molecule has 2 aromatic carbocycles. The second-order valence-electron chi connectivity index (χ2n) is 5.26. The molecule has 0 fully saturated rings. The maximum atomic E-state index is 11.0. The van der Waals surface area contributed by atoms with Gasteiger partial charge in [0.05, 0.1) is 11.4 Å². The number of primary amides is 2. The van der Waals surface area contributed by atoms with E-state index in [1.54, 1.807) is 44.2 Å². The van der Waals surface area contributed by atoms with E-state index in [0.29, 0.717) is 16.8 Å². The van der Waals surface area contributed by atoms with Crippen LogP contribution in [0.25, 0.3) is 5.57 Å². The van der Waals surface area contributed by atoms with E-state index in [1.165, 1.54) is 0 Å². The first-order valence-corrected chi connectivity index (χ1v) is 7.83. The summed E-state index contributed by atoms with van der Waals surface area (Å²) < 4.78 is 0. The van der Waals surface area contributed by atoms with Crippen molar-refractivity contribution in [2.24, 2.45) is 21.7 Å². The van der Waals surface area contributed by atoms with Gasteiger partial charge in [-0.15, -0.1) is 0 Å². The van der Waals surface area contributed by atoms with Crippen molar-refractivity contribution in [3.05, 3.63) is 78.4 Å². The van der Waals surface area contributed by atoms with Crippen LogP contribution in [-0.4, -0.2) is 11.8 Å². The largest absolute Gasteiger partial charge is 0.366 e. The van der Waals surface area contributed by atoms with Crippen molar-refractivity contribution in [2.75, 3.05) is 0 Å². The van der Waals surface area contributed by atoms with Gasteiger partial charge >= 0.3 is 0 Å². The van der Waals surface area contributed by atoms with E-state index in [9.17, 15) is 9.59 Å². The van der Waals surface area contributed by atoms with Gasteiger partial charge in [-0.3, -0.25) is 9.59 Å². The highest BCUT2D eigenvalue weighted by Gasteiger charge is 2.04. The summed E-state index contributed by atoms with van der Waals surface area (Å²) in [5.41, 5.74) is 13.1. The SMILES string of the molecule is C=C(C(N)=O)c1ccc(N=Nc2ccccc2)cc1.CC=C(C)C(N)=O. The number of carbonyl (C=O) groups excluding carboxylic acids is 2. The van der Waals surface area contributed by atoms with Gasteiger partial charge in [0.15, 0.2) is 0 Å². The molecule has 0 atom stereocenters. The molecule has 4 N–H and O–H groups in total. The first-order valence-electron chi connectivity index (χ1n) is 7.83. The van der Waals surface area contributed by atoms with E-state index in [0.717, 1.165) is 5.69 Å². The lowest BCUT2D eigenvalue weighted by atomic mass is 10.1. The zero-order chi connectivity index (χ0) is 19.5. The van der Waals surface area contributed by atoms with E-state index in [-0.39, 0.29) is 11.5 Å². The molecule has 0 aliphatic rings. The molecule has 6 heteroatoms. The molecule has 0 heterocycles. The van der Waals surface area contributed by atoms with Crippen LogP contribution in [-0.2, 0) is 9.59 Å². The third kappa shape index (κ3) is 6.92. The molecule has 0 radical (unpaired) electrons. The van der Waals surface area contributed by atoms with Gasteiger partial charge in [0.25, 0.3) is 0 Å². The Morgan fingerprint density at radius 2 is 1.38 bits per heavy atom. The Labute approximate surface area is 152 Å². The molecule has 0 aliphatic heterocycles. The zero-order valence-electron chi connectivity index (χ0n) is 14.8. The van der Waals surface area contributed by atoms with Crippen LogP contribution in [0.3, 0.4) is 0 Å². The van der Waals surface area contributed by atoms with Gasteiger partial charge < -0.3 is 11.5 Å². The number of azo groups is 1. The molecular weight excluding hydrogens is 328 g/mol. The minimum atomic E-state index is -0.529. The number of benzene rings is 2. The summed E-state index contributed by atoms with van der Waals surface area (Å²) in [6, 6.07) is 16.5. The monoisotopic (exact) mass is 350 g/mol. The fourth-order valence-corrected chi connectivity index (χ4v) is 1.62. The fraction of sp³-hybridized carbons (Fsp3) is 0.100. The standard InChI is InChI=1S/C15H13N3O.C5H9NO/c1-11(15(16)19)12-7-9-14(10-8-12)18-17-13-5-3-2-4-6-13;1-3-4(2)5(6)7/h2-10H,1H2,(H2,16,19);3H,1-2H3,(H2,6,7). The highest BCUT2D eigenvalue weighted by molar-refractivity contribution is 6.17. The van der Waals surface area contributed by atoms with Crippen molar-refractivity contribution >= 4 is 28.8 Å². The summed E-state index contributed by atoms with van der Waals surface area (Å²) in [5.74, 6) is -0.874. The first kappa shape index (κ1) is 20.5. The third-order valence-electron chi connectivity index (χ3n) is 3.37. The molecule has 26 heavy (non-hydrogen) atoms. The van der Waals surface area contributed by atoms with Crippen molar-refractivity contribution in [3.8, 4) is 0 Å². The number of hydrogen-bond acceptors (Lipinski definition) is 4. The molecule has 2 aromatic rings. The Morgan fingerprint density at radius 1 is 0.885 bits per heavy atom. The van der Waals surface area contributed by atoms with E-state index in [4.69, 9.17) is 11.5 Å². The Morgan fingerprint density at radius 3 is 1.77 bits per heavy atom. The van der Waals surface area contributed by atoms with Gasteiger partial charge in [-0.1, -0.05) is 43.0 Å². The molecule has 0 bridgehead atoms. The lowest BCUT2D eigenvalue weighted by Gasteiger charge is -2.01. The summed E-state index contributed by atoms with van der Waals surface area (Å²) in [7, 11) is 0. The van der Waals surface area contributed by atoms with Crippen LogP contribution in [0.1, 0.15) is 19.4 Å². The topological polar surface area (TPSA) is 111 Å². The maximum Gasteiger partial charge on any atom is 0.248 e. The zero-order valence-corrected chi connectivity index (χ0v) is 14.8. The van der Waals surface area contributed by atoms with Crippen LogP contribution in [0.2, 0.25) is 0 Å². The average molecular weight is 350 g/mol. The Hall–Kier alpha value is -3.54. The van der Waals surface area contributed by atoms with E-state index in [2.05, 4.69) is 16.8 Å². The summed E-state index contributed by atoms with van der Waals surface area (Å²) in [6.45, 7) is 7.08. The average Bonchev–Trinajstić information content (AvgIpc) is 2.66. The lowest BCUT2D eigenvalue weighted by Crippen LogP contribution is -2.11. The fourth-order valence-electron chi connectivity index (χ4n) is 1.62. The molecule has 134 valence electrons. The first-order chi connectivity index (χ1) is 12.3. The van der Waals surface area contributed by atoms with Crippen molar-refractivity contribution in [1.29, 1.82) is 0 Å². The van der Waals surface area contributed by atoms with Gasteiger partial charge in [0.1, 0.15) is 0 Å². The number of nitrogens with two attached hydrogens (primary N) is 2. The van der Waals surface area contributed by atoms with Crippen molar-refractivity contribution in [2.45, 2.75) is 13.8 Å². The molecular formula is C20H22N4O2. The van der Waals surface area contributed by atoms with E-state index >= 15 is 0 Å². The number of hydrogen-bond donors (Lipinski definition) is 2. The molecule has 0 spiro atoms. The van der Waals surface area contributed by atoms with Crippen LogP contribution in [0, 0.1) is 0 Å². The van der Waals surface area contributed by atoms with Crippen LogP contribution in [0.4, 0.5) is 11.4 Å². The van der Waals surface area contributed by atoms with Gasteiger partial charge in [-0.05, 0) is 43.7 Å². The molecule has 0 saturated heterocycles. The van der Waals surface area contributed by atoms with Crippen molar-refractivity contribution in [1.82, 2.24) is 0 Å². The third-order valence-corrected chi connectivity index (χ3v) is 3.37. The maximum absolute atomic E-state index is 11.0. The van der Waals surface area contributed by atoms with Crippen LogP contribution >= 0.6 is 0 Å².